The maximum absolute atomic E-state index is 12.8. The van der Waals surface area contributed by atoms with Crippen molar-refractivity contribution in [1.29, 1.82) is 0 Å². The van der Waals surface area contributed by atoms with Gasteiger partial charge in [-0.05, 0) is 32.9 Å². The van der Waals surface area contributed by atoms with Crippen LogP contribution in [0.2, 0.25) is 0 Å². The van der Waals surface area contributed by atoms with E-state index in [1.54, 1.807) is 30.1 Å². The van der Waals surface area contributed by atoms with Crippen LogP contribution in [0.5, 0.6) is 5.75 Å². The minimum absolute atomic E-state index is 0.130. The molecule has 8 nitrogen and oxygen atoms in total. The van der Waals surface area contributed by atoms with E-state index >= 15 is 0 Å². The molecule has 0 aliphatic carbocycles. The summed E-state index contributed by atoms with van der Waals surface area (Å²) in [6, 6.07) is 9.57. The number of hydrogen-bond acceptors (Lipinski definition) is 6. The van der Waals surface area contributed by atoms with E-state index in [9.17, 15) is 4.79 Å². The third-order valence-electron chi connectivity index (χ3n) is 4.44. The van der Waals surface area contributed by atoms with Crippen molar-refractivity contribution >= 4 is 23.5 Å². The van der Waals surface area contributed by atoms with Crippen molar-refractivity contribution in [2.45, 2.75) is 43.8 Å². The lowest BCUT2D eigenvalue weighted by atomic mass is 10.2. The molecule has 9 heteroatoms. The number of nitrogens with one attached hydrogen (secondary N) is 1. The Bertz CT molecular complexity index is 1030. The zero-order chi connectivity index (χ0) is 21.7. The molecule has 1 aromatic carbocycles. The van der Waals surface area contributed by atoms with Gasteiger partial charge in [0.2, 0.25) is 5.91 Å². The van der Waals surface area contributed by atoms with Crippen LogP contribution in [0.15, 0.2) is 54.3 Å². The predicted molar refractivity (Wildman–Crippen MR) is 119 cm³/mol. The van der Waals surface area contributed by atoms with Gasteiger partial charge in [0, 0.05) is 18.7 Å². The van der Waals surface area contributed by atoms with Gasteiger partial charge < -0.3 is 10.1 Å². The van der Waals surface area contributed by atoms with Gasteiger partial charge in [-0.15, -0.1) is 16.8 Å². The number of amides is 1. The van der Waals surface area contributed by atoms with Crippen molar-refractivity contribution in [3.63, 3.8) is 0 Å². The molecule has 0 saturated carbocycles. The SMILES string of the molecule is C=CCn1c(S[C@H](C)C(=O)Nc2ccnn2C(C)C)nnc1-c1ccccc1OC. The second-order valence-corrected chi connectivity index (χ2v) is 8.22. The number of methoxy groups -OCH3 is 1. The normalized spacial score (nSPS) is 12.0. The third kappa shape index (κ3) is 4.56. The second-order valence-electron chi connectivity index (χ2n) is 6.91. The number of ether oxygens (including phenoxy) is 1. The maximum Gasteiger partial charge on any atom is 0.238 e. The molecular weight excluding hydrogens is 400 g/mol. The standard InChI is InChI=1S/C21H26N6O2S/c1-6-13-26-19(16-9-7-8-10-17(16)29-5)24-25-21(26)30-15(4)20(28)23-18-11-12-22-27(18)14(2)3/h6-12,14-15H,1,13H2,2-5H3,(H,23,28)/t15-/m1/s1. The van der Waals surface area contributed by atoms with Gasteiger partial charge in [0.05, 0.1) is 24.1 Å². The van der Waals surface area contributed by atoms with Crippen LogP contribution in [0, 0.1) is 0 Å². The number of carbonyl (C=O) groups excluding carboxylic acids is 1. The van der Waals surface area contributed by atoms with Crippen molar-refractivity contribution in [1.82, 2.24) is 24.5 Å². The summed E-state index contributed by atoms with van der Waals surface area (Å²) < 4.78 is 9.17. The molecule has 0 radical (unpaired) electrons. The van der Waals surface area contributed by atoms with Crippen LogP contribution in [0.1, 0.15) is 26.8 Å². The molecule has 0 aliphatic rings. The van der Waals surface area contributed by atoms with E-state index in [4.69, 9.17) is 4.74 Å². The first-order valence-electron chi connectivity index (χ1n) is 9.64. The molecule has 3 rings (SSSR count). The van der Waals surface area contributed by atoms with Crippen LogP contribution in [0.25, 0.3) is 11.4 Å². The van der Waals surface area contributed by atoms with Crippen LogP contribution in [0.3, 0.4) is 0 Å². The van der Waals surface area contributed by atoms with Crippen molar-refractivity contribution < 1.29 is 9.53 Å². The van der Waals surface area contributed by atoms with Crippen molar-refractivity contribution in [3.05, 3.63) is 49.2 Å². The van der Waals surface area contributed by atoms with E-state index in [0.717, 1.165) is 5.56 Å². The van der Waals surface area contributed by atoms with E-state index in [1.165, 1.54) is 11.8 Å². The summed E-state index contributed by atoms with van der Waals surface area (Å²) in [5, 5.41) is 16.1. The molecule has 1 N–H and O–H groups in total. The molecular formula is C21H26N6O2S. The van der Waals surface area contributed by atoms with Gasteiger partial charge >= 0.3 is 0 Å². The zero-order valence-electron chi connectivity index (χ0n) is 17.6. The molecule has 158 valence electrons. The lowest BCUT2D eigenvalue weighted by Crippen LogP contribution is -2.25. The summed E-state index contributed by atoms with van der Waals surface area (Å²) in [5.41, 5.74) is 0.833. The smallest absolute Gasteiger partial charge is 0.238 e. The van der Waals surface area contributed by atoms with Gasteiger partial charge in [0.1, 0.15) is 11.6 Å². The molecule has 0 unspecified atom stereocenters. The Labute approximate surface area is 180 Å². The molecule has 2 heterocycles. The quantitative estimate of drug-likeness (QED) is 0.410. The third-order valence-corrected chi connectivity index (χ3v) is 5.52. The Morgan fingerprint density at radius 2 is 2.03 bits per heavy atom. The molecule has 0 spiro atoms. The number of aromatic nitrogens is 5. The minimum Gasteiger partial charge on any atom is -0.496 e. The Hall–Kier alpha value is -3.07. The summed E-state index contributed by atoms with van der Waals surface area (Å²) in [6.45, 7) is 10.2. The highest BCUT2D eigenvalue weighted by Crippen LogP contribution is 2.32. The molecule has 3 aromatic rings. The average molecular weight is 427 g/mol. The van der Waals surface area contributed by atoms with E-state index in [2.05, 4.69) is 27.2 Å². The van der Waals surface area contributed by atoms with Gasteiger partial charge in [-0.1, -0.05) is 30.0 Å². The first kappa shape index (κ1) is 21.6. The minimum atomic E-state index is -0.390. The summed E-state index contributed by atoms with van der Waals surface area (Å²) in [4.78, 5) is 12.8. The fraction of sp³-hybridized carbons (Fsp3) is 0.333. The Morgan fingerprint density at radius 3 is 2.73 bits per heavy atom. The average Bonchev–Trinajstić information content (AvgIpc) is 3.35. The number of thioether (sulfide) groups is 1. The van der Waals surface area contributed by atoms with E-state index in [-0.39, 0.29) is 11.9 Å². The van der Waals surface area contributed by atoms with Crippen LogP contribution in [-0.2, 0) is 11.3 Å². The van der Waals surface area contributed by atoms with Gasteiger partial charge in [0.25, 0.3) is 0 Å². The topological polar surface area (TPSA) is 86.9 Å². The van der Waals surface area contributed by atoms with E-state index < -0.39 is 5.25 Å². The van der Waals surface area contributed by atoms with Gasteiger partial charge in [0.15, 0.2) is 11.0 Å². The number of rotatable bonds is 9. The fourth-order valence-electron chi connectivity index (χ4n) is 2.96. The second kappa shape index (κ2) is 9.62. The number of carbonyl (C=O) groups is 1. The van der Waals surface area contributed by atoms with Crippen LogP contribution in [0.4, 0.5) is 5.82 Å². The Balaban J connectivity index is 1.82. The van der Waals surface area contributed by atoms with Gasteiger partial charge in [-0.25, -0.2) is 4.68 Å². The van der Waals surface area contributed by atoms with Gasteiger partial charge in [-0.2, -0.15) is 5.10 Å². The number of anilines is 1. The lowest BCUT2D eigenvalue weighted by molar-refractivity contribution is -0.115. The first-order chi connectivity index (χ1) is 14.5. The molecule has 2 aromatic heterocycles. The van der Waals surface area contributed by atoms with Crippen LogP contribution < -0.4 is 10.1 Å². The predicted octanol–water partition coefficient (Wildman–Crippen LogP) is 4.04. The number of para-hydroxylation sites is 1. The lowest BCUT2D eigenvalue weighted by Gasteiger charge is -2.15. The van der Waals surface area contributed by atoms with Crippen molar-refractivity contribution in [2.75, 3.05) is 12.4 Å². The van der Waals surface area contributed by atoms with Gasteiger partial charge in [-0.3, -0.25) is 9.36 Å². The largest absolute Gasteiger partial charge is 0.496 e. The van der Waals surface area contributed by atoms with Crippen molar-refractivity contribution in [2.24, 2.45) is 0 Å². The van der Waals surface area contributed by atoms with Crippen molar-refractivity contribution in [3.8, 4) is 17.1 Å². The number of benzene rings is 1. The number of hydrogen-bond donors (Lipinski definition) is 1. The summed E-state index contributed by atoms with van der Waals surface area (Å²) in [6.07, 6.45) is 3.45. The monoisotopic (exact) mass is 426 g/mol. The highest BCUT2D eigenvalue weighted by molar-refractivity contribution is 8.00. The number of allylic oxidation sites excluding steroid dienone is 1. The molecule has 0 saturated heterocycles. The molecule has 0 aliphatic heterocycles. The molecule has 1 amide bonds. The molecule has 30 heavy (non-hydrogen) atoms. The van der Waals surface area contributed by atoms with E-state index in [1.807, 2.05) is 49.6 Å². The fourth-order valence-corrected chi connectivity index (χ4v) is 3.82. The zero-order valence-corrected chi connectivity index (χ0v) is 18.4. The van der Waals surface area contributed by atoms with Crippen LogP contribution in [-0.4, -0.2) is 42.8 Å². The van der Waals surface area contributed by atoms with E-state index in [0.29, 0.717) is 29.1 Å². The highest BCUT2D eigenvalue weighted by Gasteiger charge is 2.22. The summed E-state index contributed by atoms with van der Waals surface area (Å²) in [5.74, 6) is 1.92. The Kier molecular flexibility index (Phi) is 6.94. The molecule has 0 bridgehead atoms. The highest BCUT2D eigenvalue weighted by atomic mass is 32.2. The molecule has 0 fully saturated rings. The maximum atomic E-state index is 12.8. The first-order valence-corrected chi connectivity index (χ1v) is 10.5. The van der Waals surface area contributed by atoms with Crippen LogP contribution >= 0.6 is 11.8 Å². The molecule has 1 atom stereocenters. The summed E-state index contributed by atoms with van der Waals surface area (Å²) >= 11 is 1.34. The Morgan fingerprint density at radius 1 is 1.27 bits per heavy atom. The number of nitrogens with zero attached hydrogens (tertiary/aromatic N) is 5. The summed E-state index contributed by atoms with van der Waals surface area (Å²) in [7, 11) is 1.62.